The Morgan fingerprint density at radius 3 is 2.61 bits per heavy atom. The van der Waals surface area contributed by atoms with Crippen molar-refractivity contribution in [3.63, 3.8) is 0 Å². The molecule has 0 aliphatic carbocycles. The second-order valence-electron chi connectivity index (χ2n) is 8.53. The lowest BCUT2D eigenvalue weighted by Gasteiger charge is -2.45. The van der Waals surface area contributed by atoms with E-state index >= 15 is 0 Å². The summed E-state index contributed by atoms with van der Waals surface area (Å²) in [5.74, 6) is 0.292. The predicted molar refractivity (Wildman–Crippen MR) is 122 cm³/mol. The zero-order chi connectivity index (χ0) is 22.0. The third-order valence-electron chi connectivity index (χ3n) is 6.46. The minimum atomic E-state index is -0.470. The number of carbonyl (C=O) groups is 1. The first-order valence-corrected chi connectivity index (χ1v) is 11.0. The number of carbonyl (C=O) groups excluding carboxylic acids is 1. The van der Waals surface area contributed by atoms with Gasteiger partial charge in [-0.3, -0.25) is 10.3 Å². The molecule has 0 unspecified atom stereocenters. The fraction of sp³-hybridized carbons (Fsp3) is 0.440. The molecule has 1 amide bonds. The van der Waals surface area contributed by atoms with Crippen LogP contribution in [0.1, 0.15) is 54.5 Å². The molecule has 0 saturated carbocycles. The molecular weight excluding hydrogens is 390 g/mol. The van der Waals surface area contributed by atoms with E-state index < -0.39 is 5.66 Å². The molecule has 1 saturated heterocycles. The van der Waals surface area contributed by atoms with Crippen LogP contribution in [0, 0.1) is 13.8 Å². The summed E-state index contributed by atoms with van der Waals surface area (Å²) in [5, 5.41) is 14.2. The number of hydrogen-bond donors (Lipinski definition) is 2. The van der Waals surface area contributed by atoms with Gasteiger partial charge in [0, 0.05) is 49.7 Å². The van der Waals surface area contributed by atoms with Gasteiger partial charge in [-0.05, 0) is 49.6 Å². The Balaban J connectivity index is 1.67. The highest BCUT2D eigenvalue weighted by Crippen LogP contribution is 2.37. The van der Waals surface area contributed by atoms with Gasteiger partial charge in [0.25, 0.3) is 0 Å². The number of nitrogens with one attached hydrogen (secondary N) is 1. The molecule has 2 aromatic carbocycles. The summed E-state index contributed by atoms with van der Waals surface area (Å²) in [4.78, 5) is 19.1. The summed E-state index contributed by atoms with van der Waals surface area (Å²) < 4.78 is 5.18. The van der Waals surface area contributed by atoms with Gasteiger partial charge in [0.05, 0.1) is 6.61 Å². The smallest absolute Gasteiger partial charge is 0.409 e. The maximum absolute atomic E-state index is 12.2. The van der Waals surface area contributed by atoms with Gasteiger partial charge in [-0.1, -0.05) is 30.3 Å². The second kappa shape index (κ2) is 8.71. The number of phenolic OH excluding ortho intramolecular Hbond substituents is 1. The monoisotopic (exact) mass is 421 g/mol. The highest BCUT2D eigenvalue weighted by molar-refractivity contribution is 6.02. The van der Waals surface area contributed by atoms with Gasteiger partial charge in [-0.2, -0.15) is 0 Å². The van der Waals surface area contributed by atoms with Gasteiger partial charge in [-0.25, -0.2) is 4.79 Å². The number of ether oxygens (including phenoxy) is 1. The van der Waals surface area contributed by atoms with Crippen LogP contribution in [-0.4, -0.2) is 47.2 Å². The van der Waals surface area contributed by atoms with Crippen molar-refractivity contribution in [1.82, 2.24) is 10.2 Å². The number of amides is 1. The van der Waals surface area contributed by atoms with Crippen LogP contribution in [0.5, 0.6) is 5.75 Å². The van der Waals surface area contributed by atoms with E-state index in [1.807, 2.05) is 25.1 Å². The molecule has 2 heterocycles. The second-order valence-corrected chi connectivity index (χ2v) is 8.53. The van der Waals surface area contributed by atoms with Crippen molar-refractivity contribution in [2.45, 2.75) is 51.7 Å². The lowest BCUT2D eigenvalue weighted by molar-refractivity contribution is 0.0778. The van der Waals surface area contributed by atoms with E-state index in [2.05, 4.69) is 37.4 Å². The molecule has 164 valence electrons. The first kappa shape index (κ1) is 21.4. The van der Waals surface area contributed by atoms with Crippen molar-refractivity contribution in [2.75, 3.05) is 19.7 Å². The van der Waals surface area contributed by atoms with Crippen molar-refractivity contribution in [1.29, 1.82) is 0 Å². The van der Waals surface area contributed by atoms with Gasteiger partial charge in [-0.15, -0.1) is 0 Å². The number of likely N-dealkylation sites (tertiary alicyclic amines) is 1. The number of nitrogens with zero attached hydrogens (tertiary/aromatic N) is 2. The van der Waals surface area contributed by atoms with Gasteiger partial charge in [0.1, 0.15) is 11.4 Å². The van der Waals surface area contributed by atoms with Crippen molar-refractivity contribution in [3.05, 3.63) is 64.7 Å². The van der Waals surface area contributed by atoms with Crippen LogP contribution in [0.15, 0.2) is 47.5 Å². The molecule has 1 atom stereocenters. The van der Waals surface area contributed by atoms with Gasteiger partial charge in [0.15, 0.2) is 0 Å². The predicted octanol–water partition coefficient (Wildman–Crippen LogP) is 4.48. The Morgan fingerprint density at radius 1 is 1.19 bits per heavy atom. The number of piperidine rings is 1. The Morgan fingerprint density at radius 2 is 1.94 bits per heavy atom. The fourth-order valence-electron chi connectivity index (χ4n) is 4.51. The molecule has 0 bridgehead atoms. The molecule has 2 aliphatic rings. The summed E-state index contributed by atoms with van der Waals surface area (Å²) in [7, 11) is 0. The number of hydrogen-bond acceptors (Lipinski definition) is 5. The van der Waals surface area contributed by atoms with E-state index in [0.29, 0.717) is 44.7 Å². The quantitative estimate of drug-likeness (QED) is 0.766. The highest BCUT2D eigenvalue weighted by atomic mass is 16.6. The molecule has 2 aliphatic heterocycles. The SMILES string of the molecule is CCOC(=O)N1CCC2(CC1)N=C(c1ccc(C)c(C)c1)C[C@@H](c1ccccc1O)N2. The first-order chi connectivity index (χ1) is 14.9. The molecule has 2 N–H and O–H groups in total. The van der Waals surface area contributed by atoms with Crippen LogP contribution in [-0.2, 0) is 4.74 Å². The summed E-state index contributed by atoms with van der Waals surface area (Å²) in [6, 6.07) is 13.9. The van der Waals surface area contributed by atoms with Gasteiger partial charge >= 0.3 is 6.09 Å². The molecule has 1 spiro atoms. The largest absolute Gasteiger partial charge is 0.508 e. The molecule has 2 aromatic rings. The van der Waals surface area contributed by atoms with E-state index in [9.17, 15) is 9.90 Å². The molecule has 31 heavy (non-hydrogen) atoms. The maximum atomic E-state index is 12.2. The number of phenols is 1. The van der Waals surface area contributed by atoms with E-state index in [1.54, 1.807) is 11.0 Å². The number of aryl methyl sites for hydroxylation is 2. The molecule has 0 radical (unpaired) electrons. The normalized spacial score (nSPS) is 20.4. The van der Waals surface area contributed by atoms with Crippen LogP contribution < -0.4 is 5.32 Å². The third kappa shape index (κ3) is 4.44. The summed E-state index contributed by atoms with van der Waals surface area (Å²) in [6.45, 7) is 7.60. The van der Waals surface area contributed by atoms with Gasteiger partial charge in [0.2, 0.25) is 0 Å². The lowest BCUT2D eigenvalue weighted by Crippen LogP contribution is -2.56. The van der Waals surface area contributed by atoms with Crippen LogP contribution in [0.4, 0.5) is 4.79 Å². The molecule has 1 fully saturated rings. The molecule has 4 rings (SSSR count). The van der Waals surface area contributed by atoms with Crippen LogP contribution in [0.3, 0.4) is 0 Å². The molecule has 6 heteroatoms. The Bertz CT molecular complexity index is 993. The number of aromatic hydroxyl groups is 1. The van der Waals surface area contributed by atoms with E-state index in [-0.39, 0.29) is 12.1 Å². The number of rotatable bonds is 3. The zero-order valence-corrected chi connectivity index (χ0v) is 18.5. The van der Waals surface area contributed by atoms with E-state index in [1.165, 1.54) is 11.1 Å². The van der Waals surface area contributed by atoms with Crippen molar-refractivity contribution < 1.29 is 14.6 Å². The van der Waals surface area contributed by atoms with Crippen LogP contribution in [0.2, 0.25) is 0 Å². The third-order valence-corrected chi connectivity index (χ3v) is 6.46. The minimum absolute atomic E-state index is 0.0514. The Labute approximate surface area is 183 Å². The van der Waals surface area contributed by atoms with E-state index in [0.717, 1.165) is 16.8 Å². The average molecular weight is 422 g/mol. The first-order valence-electron chi connectivity index (χ1n) is 11.0. The van der Waals surface area contributed by atoms with Crippen molar-refractivity contribution >= 4 is 11.8 Å². The summed E-state index contributed by atoms with van der Waals surface area (Å²) >= 11 is 0. The summed E-state index contributed by atoms with van der Waals surface area (Å²) in [6.07, 6.45) is 1.83. The van der Waals surface area contributed by atoms with Crippen LogP contribution >= 0.6 is 0 Å². The number of benzene rings is 2. The van der Waals surface area contributed by atoms with Gasteiger partial charge < -0.3 is 14.7 Å². The summed E-state index contributed by atoms with van der Waals surface area (Å²) in [5.41, 5.74) is 5.07. The minimum Gasteiger partial charge on any atom is -0.508 e. The highest BCUT2D eigenvalue weighted by Gasteiger charge is 2.41. The average Bonchev–Trinajstić information content (AvgIpc) is 2.76. The topological polar surface area (TPSA) is 74.2 Å². The Hall–Kier alpha value is -2.86. The number of aliphatic imine (C=N–C) groups is 1. The lowest BCUT2D eigenvalue weighted by atomic mass is 9.87. The Kier molecular flexibility index (Phi) is 6.01. The molecule has 6 nitrogen and oxygen atoms in total. The van der Waals surface area contributed by atoms with Crippen LogP contribution in [0.25, 0.3) is 0 Å². The van der Waals surface area contributed by atoms with Crippen molar-refractivity contribution in [3.8, 4) is 5.75 Å². The van der Waals surface area contributed by atoms with Crippen molar-refractivity contribution in [2.24, 2.45) is 4.99 Å². The molecular formula is C25H31N3O3. The maximum Gasteiger partial charge on any atom is 0.409 e. The standard InChI is InChI=1S/C25H31N3O3/c1-4-31-24(30)28-13-11-25(12-14-28)26-21(19-10-9-17(2)18(3)15-19)16-22(27-25)20-7-5-6-8-23(20)29/h5-10,15,22,27,29H,4,11-14,16H2,1-3H3/t22-/m0/s1. The zero-order valence-electron chi connectivity index (χ0n) is 18.5. The fourth-order valence-corrected chi connectivity index (χ4v) is 4.51. The molecule has 0 aromatic heterocycles. The number of para-hydroxylation sites is 1. The van der Waals surface area contributed by atoms with E-state index in [4.69, 9.17) is 9.73 Å².